The lowest BCUT2D eigenvalue weighted by Crippen LogP contribution is -2.32. The van der Waals surface area contributed by atoms with Crippen molar-refractivity contribution >= 4 is 49.0 Å². The van der Waals surface area contributed by atoms with Crippen molar-refractivity contribution < 1.29 is 13.2 Å². The first-order valence-corrected chi connectivity index (χ1v) is 9.08. The average molecular weight is 403 g/mol. The molecule has 1 unspecified atom stereocenters. The lowest BCUT2D eigenvalue weighted by Gasteiger charge is -2.13. The van der Waals surface area contributed by atoms with E-state index in [0.717, 1.165) is 4.47 Å². The summed E-state index contributed by atoms with van der Waals surface area (Å²) in [6, 6.07) is 12.7. The Kier molecular flexibility index (Phi) is 5.26. The molecule has 0 saturated heterocycles. The normalized spacial score (nSPS) is 12.7. The van der Waals surface area contributed by atoms with Crippen LogP contribution in [0.1, 0.15) is 6.92 Å². The number of nitrogens with one attached hydrogen (secondary N) is 1. The van der Waals surface area contributed by atoms with Gasteiger partial charge in [-0.05, 0) is 49.4 Å². The van der Waals surface area contributed by atoms with Crippen molar-refractivity contribution in [3.05, 3.63) is 58.0 Å². The van der Waals surface area contributed by atoms with Crippen LogP contribution in [-0.2, 0) is 14.6 Å². The first kappa shape index (κ1) is 17.0. The van der Waals surface area contributed by atoms with E-state index in [1.807, 2.05) is 6.07 Å². The molecule has 0 saturated carbocycles. The topological polar surface area (TPSA) is 63.2 Å². The van der Waals surface area contributed by atoms with E-state index in [4.69, 9.17) is 11.6 Å². The molecule has 0 aromatic heterocycles. The van der Waals surface area contributed by atoms with Gasteiger partial charge in [-0.1, -0.05) is 33.6 Å². The number of halogens is 2. The molecule has 0 fully saturated rings. The average Bonchev–Trinajstić information content (AvgIpc) is 2.46. The van der Waals surface area contributed by atoms with Crippen molar-refractivity contribution in [2.75, 3.05) is 5.32 Å². The van der Waals surface area contributed by atoms with Crippen LogP contribution in [0.4, 0.5) is 5.69 Å². The predicted octanol–water partition coefficient (Wildman–Crippen LogP) is 3.90. The zero-order valence-corrected chi connectivity index (χ0v) is 14.7. The van der Waals surface area contributed by atoms with Crippen LogP contribution in [0.5, 0.6) is 0 Å². The van der Waals surface area contributed by atoms with Crippen LogP contribution in [-0.4, -0.2) is 19.6 Å². The van der Waals surface area contributed by atoms with E-state index in [1.54, 1.807) is 18.2 Å². The monoisotopic (exact) mass is 401 g/mol. The number of hydrogen-bond acceptors (Lipinski definition) is 3. The van der Waals surface area contributed by atoms with E-state index < -0.39 is 21.0 Å². The van der Waals surface area contributed by atoms with E-state index in [2.05, 4.69) is 21.2 Å². The first-order valence-electron chi connectivity index (χ1n) is 6.36. The molecule has 0 bridgehead atoms. The third-order valence-electron chi connectivity index (χ3n) is 3.07. The Hall–Kier alpha value is -1.37. The van der Waals surface area contributed by atoms with Crippen LogP contribution >= 0.6 is 27.5 Å². The first-order chi connectivity index (χ1) is 10.3. The van der Waals surface area contributed by atoms with Crippen molar-refractivity contribution in [2.24, 2.45) is 0 Å². The summed E-state index contributed by atoms with van der Waals surface area (Å²) in [4.78, 5) is 12.2. The van der Waals surface area contributed by atoms with Gasteiger partial charge in [-0.3, -0.25) is 4.79 Å². The van der Waals surface area contributed by atoms with E-state index >= 15 is 0 Å². The van der Waals surface area contributed by atoms with Gasteiger partial charge in [-0.2, -0.15) is 0 Å². The summed E-state index contributed by atoms with van der Waals surface area (Å²) in [5, 5.41) is 1.82. The van der Waals surface area contributed by atoms with Crippen LogP contribution < -0.4 is 5.32 Å². The quantitative estimate of drug-likeness (QED) is 0.843. The highest BCUT2D eigenvalue weighted by Gasteiger charge is 2.29. The van der Waals surface area contributed by atoms with Crippen molar-refractivity contribution in [2.45, 2.75) is 17.1 Å². The van der Waals surface area contributed by atoms with Gasteiger partial charge in [0.05, 0.1) is 4.90 Å². The molecule has 1 N–H and O–H groups in total. The molecule has 22 heavy (non-hydrogen) atoms. The maximum Gasteiger partial charge on any atom is 0.242 e. The Bertz CT molecular complexity index is 791. The van der Waals surface area contributed by atoms with Gasteiger partial charge in [-0.25, -0.2) is 8.42 Å². The van der Waals surface area contributed by atoms with Gasteiger partial charge in [0.25, 0.3) is 0 Å². The highest BCUT2D eigenvalue weighted by atomic mass is 79.9. The Morgan fingerprint density at radius 3 is 2.41 bits per heavy atom. The number of amides is 1. The second-order valence-electron chi connectivity index (χ2n) is 4.64. The lowest BCUT2D eigenvalue weighted by atomic mass is 10.3. The van der Waals surface area contributed by atoms with E-state index in [0.29, 0.717) is 10.7 Å². The number of carbonyl (C=O) groups excluding carboxylic acids is 1. The van der Waals surface area contributed by atoms with E-state index in [9.17, 15) is 13.2 Å². The van der Waals surface area contributed by atoms with E-state index in [1.165, 1.54) is 31.2 Å². The fraction of sp³-hybridized carbons (Fsp3) is 0.133. The molecule has 2 aromatic rings. The third kappa shape index (κ3) is 3.88. The summed E-state index contributed by atoms with van der Waals surface area (Å²) in [5.41, 5.74) is 0.525. The predicted molar refractivity (Wildman–Crippen MR) is 90.9 cm³/mol. The molecule has 4 nitrogen and oxygen atoms in total. The largest absolute Gasteiger partial charge is 0.325 e. The molecule has 0 radical (unpaired) electrons. The third-order valence-corrected chi connectivity index (χ3v) is 5.89. The zero-order chi connectivity index (χ0) is 16.3. The van der Waals surface area contributed by atoms with Crippen LogP contribution in [0.3, 0.4) is 0 Å². The standard InChI is InChI=1S/C15H13BrClNO3S/c1-10(15(19)18-13-4-2-3-11(16)9-13)22(20,21)14-7-5-12(17)6-8-14/h2-10H,1H3,(H,18,19). The molecular formula is C15H13BrClNO3S. The Morgan fingerprint density at radius 1 is 1.18 bits per heavy atom. The Morgan fingerprint density at radius 2 is 1.82 bits per heavy atom. The number of anilines is 1. The van der Waals surface area contributed by atoms with Crippen molar-refractivity contribution in [1.29, 1.82) is 0 Å². The maximum absolute atomic E-state index is 12.4. The molecular weight excluding hydrogens is 390 g/mol. The molecule has 2 rings (SSSR count). The molecule has 0 aliphatic rings. The molecule has 0 heterocycles. The van der Waals surface area contributed by atoms with Gasteiger partial charge in [0.1, 0.15) is 5.25 Å². The Balaban J connectivity index is 2.20. The van der Waals surface area contributed by atoms with Crippen LogP contribution in [0, 0.1) is 0 Å². The fourth-order valence-electron chi connectivity index (χ4n) is 1.78. The summed E-state index contributed by atoms with van der Waals surface area (Å²) < 4.78 is 25.6. The van der Waals surface area contributed by atoms with Crippen molar-refractivity contribution in [1.82, 2.24) is 0 Å². The minimum Gasteiger partial charge on any atom is -0.325 e. The lowest BCUT2D eigenvalue weighted by molar-refractivity contribution is -0.115. The summed E-state index contributed by atoms with van der Waals surface area (Å²) in [7, 11) is -3.77. The minimum atomic E-state index is -3.77. The molecule has 7 heteroatoms. The second kappa shape index (κ2) is 6.81. The molecule has 0 aliphatic heterocycles. The zero-order valence-electron chi connectivity index (χ0n) is 11.6. The van der Waals surface area contributed by atoms with Crippen molar-refractivity contribution in [3.63, 3.8) is 0 Å². The highest BCUT2D eigenvalue weighted by molar-refractivity contribution is 9.10. The summed E-state index contributed by atoms with van der Waals surface area (Å²) >= 11 is 9.04. The smallest absolute Gasteiger partial charge is 0.242 e. The number of benzene rings is 2. The van der Waals surface area contributed by atoms with Crippen LogP contribution in [0.15, 0.2) is 57.9 Å². The van der Waals surface area contributed by atoms with Gasteiger partial charge in [-0.15, -0.1) is 0 Å². The number of rotatable bonds is 4. The van der Waals surface area contributed by atoms with Crippen LogP contribution in [0.25, 0.3) is 0 Å². The SMILES string of the molecule is CC(C(=O)Nc1cccc(Br)c1)S(=O)(=O)c1ccc(Cl)cc1. The van der Waals surface area contributed by atoms with Crippen molar-refractivity contribution in [3.8, 4) is 0 Å². The molecule has 0 aliphatic carbocycles. The molecule has 0 spiro atoms. The van der Waals surface area contributed by atoms with Gasteiger partial charge < -0.3 is 5.32 Å². The van der Waals surface area contributed by atoms with E-state index in [-0.39, 0.29) is 4.90 Å². The Labute approximate surface area is 142 Å². The molecule has 2 aromatic carbocycles. The second-order valence-corrected chi connectivity index (χ2v) is 8.26. The van der Waals surface area contributed by atoms with Crippen LogP contribution in [0.2, 0.25) is 5.02 Å². The van der Waals surface area contributed by atoms with Gasteiger partial charge in [0.2, 0.25) is 5.91 Å². The highest BCUT2D eigenvalue weighted by Crippen LogP contribution is 2.21. The summed E-state index contributed by atoms with van der Waals surface area (Å²) in [5.74, 6) is -0.590. The molecule has 116 valence electrons. The molecule has 1 amide bonds. The molecule has 1 atom stereocenters. The fourth-order valence-corrected chi connectivity index (χ4v) is 3.57. The summed E-state index contributed by atoms with van der Waals surface area (Å²) in [6.07, 6.45) is 0. The minimum absolute atomic E-state index is 0.0637. The number of hydrogen-bond donors (Lipinski definition) is 1. The number of sulfone groups is 1. The number of carbonyl (C=O) groups is 1. The van der Waals surface area contributed by atoms with Gasteiger partial charge >= 0.3 is 0 Å². The van der Waals surface area contributed by atoms with Gasteiger partial charge in [0.15, 0.2) is 9.84 Å². The van der Waals surface area contributed by atoms with Gasteiger partial charge in [0, 0.05) is 15.2 Å². The maximum atomic E-state index is 12.4. The summed E-state index contributed by atoms with van der Waals surface area (Å²) in [6.45, 7) is 1.36.